The van der Waals surface area contributed by atoms with Crippen molar-refractivity contribution in [3.8, 4) is 0 Å². The summed E-state index contributed by atoms with van der Waals surface area (Å²) in [5.74, 6) is -0.248. The first-order valence-corrected chi connectivity index (χ1v) is 9.60. The number of thiazole rings is 1. The van der Waals surface area contributed by atoms with E-state index in [0.717, 1.165) is 21.1 Å². The predicted molar refractivity (Wildman–Crippen MR) is 89.9 cm³/mol. The molecular weight excluding hydrogens is 336 g/mol. The summed E-state index contributed by atoms with van der Waals surface area (Å²) in [5, 5.41) is 1.05. The number of sulfone groups is 1. The minimum atomic E-state index is -3.61. The van der Waals surface area contributed by atoms with Crippen LogP contribution in [0.3, 0.4) is 0 Å². The standard InChI is InChI=1S/C15H20N2O4S2/c1-11(17(10-18)21-15(2,3)4)9-23(19,20)14-16-12-7-5-6-8-13(12)22-14/h5-8,10-11H,9H2,1-4H3/t11-/m1/s1. The van der Waals surface area contributed by atoms with Gasteiger partial charge in [0.15, 0.2) is 0 Å². The van der Waals surface area contributed by atoms with E-state index in [2.05, 4.69) is 4.98 Å². The Labute approximate surface area is 140 Å². The van der Waals surface area contributed by atoms with Crippen molar-refractivity contribution in [3.05, 3.63) is 24.3 Å². The van der Waals surface area contributed by atoms with Gasteiger partial charge >= 0.3 is 0 Å². The number of carbonyl (C=O) groups excluding carboxylic acids is 1. The molecule has 0 aliphatic rings. The SMILES string of the molecule is C[C@H](CS(=O)(=O)c1nc2ccccc2s1)N(C=O)OC(C)(C)C. The predicted octanol–water partition coefficient (Wildman–Crippen LogP) is 2.65. The van der Waals surface area contributed by atoms with Gasteiger partial charge in [0.2, 0.25) is 20.6 Å². The van der Waals surface area contributed by atoms with Gasteiger partial charge in [-0.3, -0.25) is 9.63 Å². The second-order valence-corrected chi connectivity index (χ2v) is 9.49. The summed E-state index contributed by atoms with van der Waals surface area (Å²) in [5.41, 5.74) is 0.0661. The highest BCUT2D eigenvalue weighted by molar-refractivity contribution is 7.93. The van der Waals surface area contributed by atoms with Gasteiger partial charge in [0.1, 0.15) is 0 Å². The normalized spacial score (nSPS) is 13.9. The molecule has 0 N–H and O–H groups in total. The van der Waals surface area contributed by atoms with E-state index in [4.69, 9.17) is 4.84 Å². The fourth-order valence-corrected chi connectivity index (χ4v) is 4.82. The number of para-hydroxylation sites is 1. The number of benzene rings is 1. The maximum absolute atomic E-state index is 12.5. The van der Waals surface area contributed by atoms with Crippen molar-refractivity contribution in [2.24, 2.45) is 0 Å². The molecule has 0 radical (unpaired) electrons. The van der Waals surface area contributed by atoms with Gasteiger partial charge in [0, 0.05) is 0 Å². The van der Waals surface area contributed by atoms with Gasteiger partial charge in [-0.25, -0.2) is 18.5 Å². The van der Waals surface area contributed by atoms with Crippen molar-refractivity contribution in [1.82, 2.24) is 10.0 Å². The lowest BCUT2D eigenvalue weighted by molar-refractivity contribution is -0.227. The van der Waals surface area contributed by atoms with E-state index >= 15 is 0 Å². The van der Waals surface area contributed by atoms with Crippen LogP contribution in [0, 0.1) is 0 Å². The smallest absolute Gasteiger partial charge is 0.233 e. The molecule has 1 aromatic carbocycles. The summed E-state index contributed by atoms with van der Waals surface area (Å²) in [6, 6.07) is 6.63. The Kier molecular flexibility index (Phi) is 5.07. The van der Waals surface area contributed by atoms with Crippen LogP contribution in [0.1, 0.15) is 27.7 Å². The molecule has 0 unspecified atom stereocenters. The van der Waals surface area contributed by atoms with Crippen LogP contribution in [0.15, 0.2) is 28.6 Å². The highest BCUT2D eigenvalue weighted by Gasteiger charge is 2.28. The molecule has 2 aromatic rings. The number of carbonyl (C=O) groups is 1. The molecule has 1 aromatic heterocycles. The molecule has 6 nitrogen and oxygen atoms in total. The molecule has 126 valence electrons. The third-order valence-corrected chi connectivity index (χ3v) is 6.31. The number of hydrogen-bond donors (Lipinski definition) is 0. The summed E-state index contributed by atoms with van der Waals surface area (Å²) < 4.78 is 26.0. The molecule has 0 bridgehead atoms. The maximum atomic E-state index is 12.5. The lowest BCUT2D eigenvalue weighted by Crippen LogP contribution is -2.42. The van der Waals surface area contributed by atoms with Crippen molar-refractivity contribution in [2.75, 3.05) is 5.75 Å². The van der Waals surface area contributed by atoms with E-state index in [1.54, 1.807) is 33.8 Å². The summed E-state index contributed by atoms with van der Waals surface area (Å²) in [6.07, 6.45) is 0.504. The van der Waals surface area contributed by atoms with Crippen LogP contribution in [0.2, 0.25) is 0 Å². The first-order valence-electron chi connectivity index (χ1n) is 7.13. The highest BCUT2D eigenvalue weighted by atomic mass is 32.2. The molecule has 0 aliphatic carbocycles. The lowest BCUT2D eigenvalue weighted by atomic mass is 10.2. The Morgan fingerprint density at radius 3 is 2.57 bits per heavy atom. The maximum Gasteiger partial charge on any atom is 0.233 e. The van der Waals surface area contributed by atoms with E-state index in [9.17, 15) is 13.2 Å². The fourth-order valence-electron chi connectivity index (χ4n) is 1.98. The zero-order chi connectivity index (χ0) is 17.3. The molecule has 1 atom stereocenters. The van der Waals surface area contributed by atoms with Crippen molar-refractivity contribution in [1.29, 1.82) is 0 Å². The number of nitrogens with zero attached hydrogens (tertiary/aromatic N) is 2. The monoisotopic (exact) mass is 356 g/mol. The third kappa shape index (κ3) is 4.49. The van der Waals surface area contributed by atoms with Crippen LogP contribution in [-0.2, 0) is 19.5 Å². The number of rotatable bonds is 6. The zero-order valence-corrected chi connectivity index (χ0v) is 15.1. The molecule has 0 aliphatic heterocycles. The van der Waals surface area contributed by atoms with E-state index in [1.165, 1.54) is 0 Å². The number of hydrogen-bond acceptors (Lipinski definition) is 6. The van der Waals surface area contributed by atoms with Gasteiger partial charge in [0.25, 0.3) is 0 Å². The van der Waals surface area contributed by atoms with Gasteiger partial charge in [-0.05, 0) is 39.8 Å². The summed E-state index contributed by atoms with van der Waals surface area (Å²) in [7, 11) is -3.61. The van der Waals surface area contributed by atoms with Crippen LogP contribution < -0.4 is 0 Å². The Hall–Kier alpha value is -1.51. The van der Waals surface area contributed by atoms with Crippen molar-refractivity contribution >= 4 is 37.8 Å². The third-order valence-electron chi connectivity index (χ3n) is 2.92. The first kappa shape index (κ1) is 17.8. The number of aromatic nitrogens is 1. The van der Waals surface area contributed by atoms with Crippen LogP contribution >= 0.6 is 11.3 Å². The average Bonchev–Trinajstić information content (AvgIpc) is 2.88. The quantitative estimate of drug-likeness (QED) is 0.587. The number of amides is 1. The first-order chi connectivity index (χ1) is 10.6. The van der Waals surface area contributed by atoms with E-state index in [0.29, 0.717) is 11.9 Å². The largest absolute Gasteiger partial charge is 0.276 e. The van der Waals surface area contributed by atoms with Crippen LogP contribution in [0.5, 0.6) is 0 Å². The lowest BCUT2D eigenvalue weighted by Gasteiger charge is -2.30. The van der Waals surface area contributed by atoms with E-state index < -0.39 is 21.5 Å². The molecule has 1 amide bonds. The topological polar surface area (TPSA) is 76.6 Å². The van der Waals surface area contributed by atoms with E-state index in [1.807, 2.05) is 18.2 Å². The summed E-state index contributed by atoms with van der Waals surface area (Å²) >= 11 is 1.13. The number of fused-ring (bicyclic) bond motifs is 1. The fraction of sp³-hybridized carbons (Fsp3) is 0.467. The average molecular weight is 356 g/mol. The van der Waals surface area contributed by atoms with Gasteiger partial charge in [0.05, 0.1) is 27.6 Å². The molecule has 0 saturated carbocycles. The van der Waals surface area contributed by atoms with Crippen molar-refractivity contribution < 1.29 is 18.0 Å². The minimum absolute atomic E-state index is 0.0622. The van der Waals surface area contributed by atoms with Crippen molar-refractivity contribution in [2.45, 2.75) is 43.7 Å². The molecule has 0 saturated heterocycles. The second kappa shape index (κ2) is 6.54. The van der Waals surface area contributed by atoms with Crippen LogP contribution in [0.25, 0.3) is 10.2 Å². The van der Waals surface area contributed by atoms with Gasteiger partial charge < -0.3 is 0 Å². The van der Waals surface area contributed by atoms with Crippen LogP contribution in [0.4, 0.5) is 0 Å². The highest BCUT2D eigenvalue weighted by Crippen LogP contribution is 2.26. The molecule has 0 spiro atoms. The Morgan fingerprint density at radius 2 is 2.00 bits per heavy atom. The summed E-state index contributed by atoms with van der Waals surface area (Å²) in [4.78, 5) is 20.8. The van der Waals surface area contributed by atoms with Crippen LogP contribution in [-0.4, -0.2) is 42.3 Å². The van der Waals surface area contributed by atoms with Gasteiger partial charge in [-0.2, -0.15) is 0 Å². The molecule has 2 rings (SSSR count). The van der Waals surface area contributed by atoms with Gasteiger partial charge in [-0.15, -0.1) is 11.3 Å². The van der Waals surface area contributed by atoms with Gasteiger partial charge in [-0.1, -0.05) is 12.1 Å². The molecular formula is C15H20N2O4S2. The Bertz CT molecular complexity index is 760. The molecule has 23 heavy (non-hydrogen) atoms. The molecule has 8 heteroatoms. The summed E-state index contributed by atoms with van der Waals surface area (Å²) in [6.45, 7) is 7.00. The Balaban J connectivity index is 2.21. The number of hydroxylamine groups is 2. The molecule has 1 heterocycles. The Morgan fingerprint density at radius 1 is 1.35 bits per heavy atom. The minimum Gasteiger partial charge on any atom is -0.276 e. The van der Waals surface area contributed by atoms with Crippen molar-refractivity contribution in [3.63, 3.8) is 0 Å². The van der Waals surface area contributed by atoms with E-state index in [-0.39, 0.29) is 10.1 Å². The zero-order valence-electron chi connectivity index (χ0n) is 13.5. The second-order valence-electron chi connectivity index (χ2n) is 6.25. The molecule has 0 fully saturated rings.